The number of phenols is 1. The molecule has 5 aliphatic rings. The Morgan fingerprint density at radius 2 is 1.47 bits per heavy atom. The minimum Gasteiger partial charge on any atom is -0.508 e. The molecule has 2 saturated heterocycles. The highest BCUT2D eigenvalue weighted by Gasteiger charge is 2.77. The van der Waals surface area contributed by atoms with Crippen molar-refractivity contribution in [2.45, 2.75) is 29.0 Å². The number of carbonyl (C=O) groups is 4. The molecular formula is C35H20Cl2F5IN2O6. The molecule has 3 aromatic rings. The van der Waals surface area contributed by atoms with E-state index in [0.717, 1.165) is 8.47 Å². The Bertz CT molecular complexity index is 2190. The molecule has 0 bridgehead atoms. The van der Waals surface area contributed by atoms with E-state index in [9.17, 15) is 37.5 Å². The fourth-order valence-corrected chi connectivity index (χ4v) is 9.53. The van der Waals surface area contributed by atoms with Gasteiger partial charge in [-0.05, 0) is 89.4 Å². The summed E-state index contributed by atoms with van der Waals surface area (Å²) in [4.78, 5) is 52.3. The van der Waals surface area contributed by atoms with Crippen molar-refractivity contribution in [3.05, 3.63) is 104 Å². The van der Waals surface area contributed by atoms with Crippen LogP contribution in [0, 0.1) is 56.3 Å². The molecule has 0 spiro atoms. The van der Waals surface area contributed by atoms with Crippen LogP contribution >= 0.6 is 45.8 Å². The van der Waals surface area contributed by atoms with Gasteiger partial charge in [-0.15, -0.1) is 23.2 Å². The van der Waals surface area contributed by atoms with E-state index in [1.54, 1.807) is 30.3 Å². The van der Waals surface area contributed by atoms with Crippen LogP contribution in [0.15, 0.2) is 65.9 Å². The molecule has 8 rings (SSSR count). The molecular weight excluding hydrogens is 837 g/mol. The third-order valence-electron chi connectivity index (χ3n) is 10.5. The number of hydrogen-bond donors (Lipinski definition) is 1. The molecule has 3 aliphatic heterocycles. The molecule has 3 aromatic carbocycles. The second-order valence-electron chi connectivity index (χ2n) is 13.0. The number of amides is 4. The van der Waals surface area contributed by atoms with Crippen molar-refractivity contribution < 1.29 is 51.0 Å². The maximum absolute atomic E-state index is 15.3. The minimum atomic E-state index is -2.67. The van der Waals surface area contributed by atoms with Gasteiger partial charge in [0, 0.05) is 21.5 Å². The van der Waals surface area contributed by atoms with Crippen LogP contribution in [0.2, 0.25) is 0 Å². The van der Waals surface area contributed by atoms with E-state index < -0.39 is 98.2 Å². The fraction of sp³-hybridized carbons (Fsp3) is 0.257. The van der Waals surface area contributed by atoms with Crippen molar-refractivity contribution in [1.82, 2.24) is 0 Å². The van der Waals surface area contributed by atoms with E-state index in [4.69, 9.17) is 27.9 Å². The molecule has 16 heteroatoms. The lowest BCUT2D eigenvalue weighted by Crippen LogP contribution is -2.61. The van der Waals surface area contributed by atoms with Crippen molar-refractivity contribution in [3.8, 4) is 11.5 Å². The Morgan fingerprint density at radius 1 is 0.824 bits per heavy atom. The van der Waals surface area contributed by atoms with Crippen molar-refractivity contribution in [2.24, 2.45) is 23.7 Å². The molecule has 262 valence electrons. The van der Waals surface area contributed by atoms with Gasteiger partial charge in [0.2, 0.25) is 17.6 Å². The molecule has 6 atom stereocenters. The number of rotatable bonds is 3. The monoisotopic (exact) mass is 856 g/mol. The Morgan fingerprint density at radius 3 is 2.14 bits per heavy atom. The number of carbonyl (C=O) groups excluding carboxylic acids is 4. The number of anilines is 2. The molecule has 0 aromatic heterocycles. The molecule has 4 amide bonds. The quantitative estimate of drug-likeness (QED) is 0.0591. The van der Waals surface area contributed by atoms with Gasteiger partial charge in [0.15, 0.2) is 33.0 Å². The summed E-state index contributed by atoms with van der Waals surface area (Å²) < 4.78 is 80.2. The van der Waals surface area contributed by atoms with E-state index >= 15 is 8.78 Å². The van der Waals surface area contributed by atoms with Gasteiger partial charge in [0.25, 0.3) is 11.8 Å². The highest BCUT2D eigenvalue weighted by molar-refractivity contribution is 14.1. The van der Waals surface area contributed by atoms with Crippen LogP contribution in [0.1, 0.15) is 18.4 Å². The Balaban J connectivity index is 1.31. The summed E-state index contributed by atoms with van der Waals surface area (Å²) in [6, 6.07) is 10.8. The summed E-state index contributed by atoms with van der Waals surface area (Å²) >= 11 is 16.4. The van der Waals surface area contributed by atoms with Gasteiger partial charge < -0.3 is 9.84 Å². The second kappa shape index (κ2) is 11.5. The van der Waals surface area contributed by atoms with E-state index in [1.807, 2.05) is 0 Å². The highest BCUT2D eigenvalue weighted by Crippen LogP contribution is 2.65. The van der Waals surface area contributed by atoms with Gasteiger partial charge in [-0.25, -0.2) is 26.9 Å². The summed E-state index contributed by atoms with van der Waals surface area (Å²) in [7, 11) is 0. The molecule has 8 nitrogen and oxygen atoms in total. The number of alkyl halides is 2. The zero-order valence-corrected chi connectivity index (χ0v) is 29.2. The van der Waals surface area contributed by atoms with Gasteiger partial charge in [-0.3, -0.25) is 24.1 Å². The van der Waals surface area contributed by atoms with Gasteiger partial charge >= 0.3 is 0 Å². The molecule has 51 heavy (non-hydrogen) atoms. The molecule has 1 N–H and O–H groups in total. The van der Waals surface area contributed by atoms with E-state index in [2.05, 4.69) is 22.6 Å². The lowest BCUT2D eigenvalue weighted by Gasteiger charge is -2.51. The maximum atomic E-state index is 15.3. The fourth-order valence-electron chi connectivity index (χ4n) is 8.22. The lowest BCUT2D eigenvalue weighted by atomic mass is 9.56. The highest BCUT2D eigenvalue weighted by atomic mass is 127. The van der Waals surface area contributed by atoms with Crippen LogP contribution in [0.5, 0.6) is 11.5 Å². The number of ether oxygens (including phenoxy) is 1. The summed E-state index contributed by atoms with van der Waals surface area (Å²) in [5, 5.41) is 10.2. The van der Waals surface area contributed by atoms with E-state index in [1.165, 1.54) is 24.5 Å². The first-order valence-electron chi connectivity index (χ1n) is 15.4. The van der Waals surface area contributed by atoms with Crippen LogP contribution in [0.3, 0.4) is 0 Å². The number of hydrogen-bond acceptors (Lipinski definition) is 6. The molecule has 2 aliphatic carbocycles. The Kier molecular flexibility index (Phi) is 7.68. The van der Waals surface area contributed by atoms with Crippen LogP contribution in [0.25, 0.3) is 0 Å². The standard InChI is InChI=1S/C35H20Cl2F5IN2O6/c36-34-11-20-18(6-7-19-22(20)31(48)44(30(19)47)16-3-1-15(43)2-4-16)23(14-9-13-10-17(46)5-8-21(13)51-12-14)35(34,37)33(50)45(32(34)49)29-27(41)25(39)24(38)26(40)28(29)42/h1-6,8,10,12,19-20,22-23,46H,7,9,11H2/t19-,20+,22-,23-,34+,35-/m0/s1. The van der Waals surface area contributed by atoms with Crippen molar-refractivity contribution in [3.63, 3.8) is 0 Å². The number of aromatic hydroxyl groups is 1. The number of allylic oxidation sites excluding steroid dienone is 3. The first-order valence-corrected chi connectivity index (χ1v) is 17.2. The van der Waals surface area contributed by atoms with Gasteiger partial charge in [-0.1, -0.05) is 11.6 Å². The first-order chi connectivity index (χ1) is 24.1. The molecule has 0 radical (unpaired) electrons. The summed E-state index contributed by atoms with van der Waals surface area (Å²) in [6.45, 7) is 0. The van der Waals surface area contributed by atoms with Crippen molar-refractivity contribution in [1.29, 1.82) is 0 Å². The number of benzene rings is 3. The predicted octanol–water partition coefficient (Wildman–Crippen LogP) is 6.81. The predicted molar refractivity (Wildman–Crippen MR) is 179 cm³/mol. The average molecular weight is 857 g/mol. The van der Waals surface area contributed by atoms with Crippen LogP contribution in [-0.2, 0) is 25.6 Å². The smallest absolute Gasteiger partial charge is 0.258 e. The topological polar surface area (TPSA) is 104 Å². The lowest BCUT2D eigenvalue weighted by molar-refractivity contribution is -0.125. The van der Waals surface area contributed by atoms with Crippen LogP contribution in [0.4, 0.5) is 33.3 Å². The number of halogens is 8. The third kappa shape index (κ3) is 4.47. The maximum Gasteiger partial charge on any atom is 0.258 e. The zero-order chi connectivity index (χ0) is 36.5. The van der Waals surface area contributed by atoms with Crippen LogP contribution in [-0.4, -0.2) is 38.5 Å². The number of phenolic OH excluding ortho intramolecular Hbond substituents is 1. The molecule has 3 fully saturated rings. The summed E-state index contributed by atoms with van der Waals surface area (Å²) in [6.07, 6.45) is 2.15. The number of nitrogens with zero attached hydrogens (tertiary/aromatic N) is 2. The third-order valence-corrected chi connectivity index (χ3v) is 12.6. The largest absolute Gasteiger partial charge is 0.508 e. The molecule has 0 unspecified atom stereocenters. The van der Waals surface area contributed by atoms with Crippen molar-refractivity contribution >= 4 is 80.8 Å². The summed E-state index contributed by atoms with van der Waals surface area (Å²) in [5.74, 6) is -21.0. The van der Waals surface area contributed by atoms with Crippen LogP contribution < -0.4 is 14.5 Å². The average Bonchev–Trinajstić information content (AvgIpc) is 3.44. The summed E-state index contributed by atoms with van der Waals surface area (Å²) in [5.41, 5.74) is -0.660. The zero-order valence-electron chi connectivity index (χ0n) is 25.5. The van der Waals surface area contributed by atoms with Gasteiger partial charge in [-0.2, -0.15) is 0 Å². The van der Waals surface area contributed by atoms with Gasteiger partial charge in [0.1, 0.15) is 17.2 Å². The number of imide groups is 2. The Labute approximate surface area is 308 Å². The SMILES string of the molecule is O=C1[C@H]2[C@H](CC=C3[C@H](C4=COc5ccc(O)cc5C4)[C@]4(Cl)C(=O)N(c5c(F)c(F)c(F)c(F)c5F)C(=O)[C@]4(Cl)C[C@H]32)C(=O)N1c1ccc(I)cc1. The van der Waals surface area contributed by atoms with Crippen molar-refractivity contribution in [2.75, 3.05) is 9.80 Å². The molecule has 3 heterocycles. The van der Waals surface area contributed by atoms with E-state index in [0.29, 0.717) is 22.6 Å². The minimum absolute atomic E-state index is 0.00427. The number of fused-ring (bicyclic) bond motifs is 5. The van der Waals surface area contributed by atoms with E-state index in [-0.39, 0.29) is 29.1 Å². The first kappa shape index (κ1) is 34.1. The van der Waals surface area contributed by atoms with Gasteiger partial charge in [0.05, 0.1) is 23.8 Å². The Hall–Kier alpha value is -4.02. The normalized spacial score (nSPS) is 29.6. The second-order valence-corrected chi connectivity index (χ2v) is 15.4. The molecule has 1 saturated carbocycles.